The minimum absolute atomic E-state index is 0.533. The lowest BCUT2D eigenvalue weighted by atomic mass is 9.82. The number of benzene rings is 1. The van der Waals surface area contributed by atoms with Crippen molar-refractivity contribution in [2.24, 2.45) is 5.92 Å². The SMILES string of the molecule is Cc1c(-c2ccccc2)[nH]c(C2CCC(C)CC2)nc1=S. The highest BCUT2D eigenvalue weighted by Gasteiger charge is 2.22. The van der Waals surface area contributed by atoms with Gasteiger partial charge in [0.25, 0.3) is 0 Å². The lowest BCUT2D eigenvalue weighted by Crippen LogP contribution is -2.14. The molecule has 0 amide bonds. The summed E-state index contributed by atoms with van der Waals surface area (Å²) < 4.78 is 0.737. The van der Waals surface area contributed by atoms with Gasteiger partial charge in [-0.15, -0.1) is 0 Å². The molecule has 0 unspecified atom stereocenters. The summed E-state index contributed by atoms with van der Waals surface area (Å²) in [6.07, 6.45) is 5.02. The summed E-state index contributed by atoms with van der Waals surface area (Å²) in [6, 6.07) is 10.4. The minimum Gasteiger partial charge on any atom is -0.343 e. The molecule has 0 radical (unpaired) electrons. The molecule has 1 aromatic carbocycles. The van der Waals surface area contributed by atoms with Gasteiger partial charge in [0.1, 0.15) is 10.5 Å². The molecule has 0 saturated heterocycles. The second-order valence-corrected chi connectivity index (χ2v) is 6.64. The number of aromatic nitrogens is 2. The van der Waals surface area contributed by atoms with Crippen LogP contribution in [-0.2, 0) is 0 Å². The van der Waals surface area contributed by atoms with Gasteiger partial charge in [-0.1, -0.05) is 62.3 Å². The zero-order valence-electron chi connectivity index (χ0n) is 12.7. The molecule has 110 valence electrons. The average Bonchev–Trinajstić information content (AvgIpc) is 2.51. The van der Waals surface area contributed by atoms with Crippen molar-refractivity contribution in [2.45, 2.75) is 45.4 Å². The predicted octanol–water partition coefficient (Wildman–Crippen LogP) is 5.41. The molecule has 1 heterocycles. The highest BCUT2D eigenvalue weighted by molar-refractivity contribution is 7.71. The van der Waals surface area contributed by atoms with Crippen molar-refractivity contribution < 1.29 is 0 Å². The fraction of sp³-hybridized carbons (Fsp3) is 0.444. The van der Waals surface area contributed by atoms with Crippen molar-refractivity contribution in [3.63, 3.8) is 0 Å². The van der Waals surface area contributed by atoms with E-state index in [2.05, 4.69) is 48.1 Å². The first-order valence-corrected chi connectivity index (χ1v) is 8.22. The lowest BCUT2D eigenvalue weighted by molar-refractivity contribution is 0.339. The van der Waals surface area contributed by atoms with E-state index in [1.54, 1.807) is 0 Å². The van der Waals surface area contributed by atoms with Gasteiger partial charge in [-0.3, -0.25) is 0 Å². The minimum atomic E-state index is 0.533. The average molecular weight is 298 g/mol. The van der Waals surface area contributed by atoms with E-state index in [-0.39, 0.29) is 0 Å². The van der Waals surface area contributed by atoms with Crippen LogP contribution in [0.1, 0.15) is 49.9 Å². The molecule has 2 aromatic rings. The number of hydrogen-bond acceptors (Lipinski definition) is 2. The van der Waals surface area contributed by atoms with Gasteiger partial charge in [-0.25, -0.2) is 4.98 Å². The Morgan fingerprint density at radius 2 is 1.76 bits per heavy atom. The maximum absolute atomic E-state index is 5.49. The van der Waals surface area contributed by atoms with Crippen molar-refractivity contribution in [2.75, 3.05) is 0 Å². The third-order valence-electron chi connectivity index (χ3n) is 4.64. The van der Waals surface area contributed by atoms with Crippen LogP contribution in [0.5, 0.6) is 0 Å². The summed E-state index contributed by atoms with van der Waals surface area (Å²) in [5.41, 5.74) is 3.39. The Kier molecular flexibility index (Phi) is 4.20. The predicted molar refractivity (Wildman–Crippen MR) is 90.0 cm³/mol. The fourth-order valence-electron chi connectivity index (χ4n) is 3.17. The Balaban J connectivity index is 2.00. The van der Waals surface area contributed by atoms with Crippen LogP contribution < -0.4 is 0 Å². The molecule has 1 aliphatic carbocycles. The first-order chi connectivity index (χ1) is 10.1. The fourth-order valence-corrected chi connectivity index (χ4v) is 3.37. The van der Waals surface area contributed by atoms with Crippen LogP contribution >= 0.6 is 12.2 Å². The molecule has 0 spiro atoms. The van der Waals surface area contributed by atoms with E-state index in [4.69, 9.17) is 12.2 Å². The Morgan fingerprint density at radius 1 is 1.10 bits per heavy atom. The molecule has 1 aliphatic rings. The maximum Gasteiger partial charge on any atom is 0.133 e. The number of hydrogen-bond donors (Lipinski definition) is 1. The third kappa shape index (κ3) is 3.08. The normalized spacial score (nSPS) is 22.2. The molecule has 3 rings (SSSR count). The number of aromatic amines is 1. The summed E-state index contributed by atoms with van der Waals surface area (Å²) in [6.45, 7) is 4.40. The largest absolute Gasteiger partial charge is 0.343 e. The van der Waals surface area contributed by atoms with Gasteiger partial charge in [0.2, 0.25) is 0 Å². The maximum atomic E-state index is 5.49. The van der Waals surface area contributed by atoms with Crippen LogP contribution in [0, 0.1) is 17.5 Å². The number of nitrogens with zero attached hydrogens (tertiary/aromatic N) is 1. The Bertz CT molecular complexity index is 667. The third-order valence-corrected chi connectivity index (χ3v) is 5.03. The van der Waals surface area contributed by atoms with Gasteiger partial charge >= 0.3 is 0 Å². The molecular formula is C18H22N2S. The van der Waals surface area contributed by atoms with Crippen LogP contribution in [0.25, 0.3) is 11.3 Å². The molecule has 0 bridgehead atoms. The van der Waals surface area contributed by atoms with Crippen LogP contribution in [0.2, 0.25) is 0 Å². The van der Waals surface area contributed by atoms with Crippen molar-refractivity contribution in [3.05, 3.63) is 46.4 Å². The van der Waals surface area contributed by atoms with Crippen molar-refractivity contribution in [1.29, 1.82) is 0 Å². The quantitative estimate of drug-likeness (QED) is 0.751. The monoisotopic (exact) mass is 298 g/mol. The molecule has 0 atom stereocenters. The smallest absolute Gasteiger partial charge is 0.133 e. The topological polar surface area (TPSA) is 28.7 Å². The summed E-state index contributed by atoms with van der Waals surface area (Å²) >= 11 is 5.49. The van der Waals surface area contributed by atoms with E-state index < -0.39 is 0 Å². The van der Waals surface area contributed by atoms with Gasteiger partial charge in [0.15, 0.2) is 0 Å². The molecule has 0 aliphatic heterocycles. The van der Waals surface area contributed by atoms with Gasteiger partial charge in [-0.05, 0) is 31.2 Å². The zero-order valence-corrected chi connectivity index (χ0v) is 13.5. The molecule has 21 heavy (non-hydrogen) atoms. The Morgan fingerprint density at radius 3 is 2.43 bits per heavy atom. The van der Waals surface area contributed by atoms with Crippen LogP contribution in [0.4, 0.5) is 0 Å². The molecule has 1 saturated carbocycles. The van der Waals surface area contributed by atoms with Gasteiger partial charge in [0, 0.05) is 11.5 Å². The van der Waals surface area contributed by atoms with E-state index >= 15 is 0 Å². The number of nitrogens with one attached hydrogen (secondary N) is 1. The van der Waals surface area contributed by atoms with Crippen molar-refractivity contribution in [3.8, 4) is 11.3 Å². The Hall–Kier alpha value is -1.48. The number of H-pyrrole nitrogens is 1. The summed E-state index contributed by atoms with van der Waals surface area (Å²) in [5, 5.41) is 0. The molecule has 1 N–H and O–H groups in total. The molecule has 1 aromatic heterocycles. The van der Waals surface area contributed by atoms with Crippen LogP contribution in [0.15, 0.2) is 30.3 Å². The number of rotatable bonds is 2. The lowest BCUT2D eigenvalue weighted by Gasteiger charge is -2.26. The van der Waals surface area contributed by atoms with E-state index in [1.165, 1.54) is 31.2 Å². The van der Waals surface area contributed by atoms with Gasteiger partial charge in [0.05, 0.1) is 5.69 Å². The van der Waals surface area contributed by atoms with Crippen molar-refractivity contribution >= 4 is 12.2 Å². The highest BCUT2D eigenvalue weighted by Crippen LogP contribution is 2.35. The van der Waals surface area contributed by atoms with E-state index in [0.29, 0.717) is 5.92 Å². The standard InChI is InChI=1S/C18H22N2S/c1-12-8-10-15(11-9-12)17-19-16(13(2)18(21)20-17)14-6-4-3-5-7-14/h3-7,12,15H,8-11H2,1-2H3,(H,19,20,21). The summed E-state index contributed by atoms with van der Waals surface area (Å²) in [7, 11) is 0. The first kappa shape index (κ1) is 14.5. The van der Waals surface area contributed by atoms with Gasteiger partial charge in [-0.2, -0.15) is 0 Å². The zero-order chi connectivity index (χ0) is 14.8. The molecule has 1 fully saturated rings. The van der Waals surface area contributed by atoms with Crippen LogP contribution in [-0.4, -0.2) is 9.97 Å². The highest BCUT2D eigenvalue weighted by atomic mass is 32.1. The molecule has 2 nitrogen and oxygen atoms in total. The Labute approximate surface area is 131 Å². The molecule has 3 heteroatoms. The van der Waals surface area contributed by atoms with Crippen molar-refractivity contribution in [1.82, 2.24) is 9.97 Å². The summed E-state index contributed by atoms with van der Waals surface area (Å²) in [5.74, 6) is 2.46. The second kappa shape index (κ2) is 6.10. The first-order valence-electron chi connectivity index (χ1n) is 7.81. The summed E-state index contributed by atoms with van der Waals surface area (Å²) in [4.78, 5) is 8.24. The van der Waals surface area contributed by atoms with E-state index in [9.17, 15) is 0 Å². The second-order valence-electron chi connectivity index (χ2n) is 6.25. The van der Waals surface area contributed by atoms with Crippen LogP contribution in [0.3, 0.4) is 0 Å². The molecular weight excluding hydrogens is 276 g/mol. The van der Waals surface area contributed by atoms with Gasteiger partial charge < -0.3 is 4.98 Å². The van der Waals surface area contributed by atoms with E-state index in [0.717, 1.165) is 27.6 Å². The van der Waals surface area contributed by atoms with E-state index in [1.807, 2.05) is 6.07 Å².